The largest absolute Gasteiger partial charge is 0.506 e. The number of ketones is 1. The van der Waals surface area contributed by atoms with E-state index in [4.69, 9.17) is 0 Å². The summed E-state index contributed by atoms with van der Waals surface area (Å²) in [6, 6.07) is 10.2. The molecule has 0 radical (unpaired) electrons. The zero-order valence-electron chi connectivity index (χ0n) is 18.0. The minimum Gasteiger partial charge on any atom is -0.506 e. The van der Waals surface area contributed by atoms with Crippen LogP contribution in [-0.4, -0.2) is 19.3 Å². The van der Waals surface area contributed by atoms with Gasteiger partial charge in [-0.15, -0.1) is 0 Å². The van der Waals surface area contributed by atoms with Crippen LogP contribution in [0.3, 0.4) is 0 Å². The summed E-state index contributed by atoms with van der Waals surface area (Å²) in [7, 11) is -3.79. The molecule has 0 amide bonds. The van der Waals surface area contributed by atoms with Gasteiger partial charge in [0.15, 0.2) is 0 Å². The fourth-order valence-electron chi connectivity index (χ4n) is 6.38. The number of nitrogens with one attached hydrogen (secondary N) is 1. The Morgan fingerprint density at radius 2 is 1.81 bits per heavy atom. The molecule has 0 spiro atoms. The fraction of sp³-hybridized carbons (Fsp3) is 0.480. The molecule has 2 fully saturated rings. The molecule has 3 unspecified atom stereocenters. The molecule has 4 atom stereocenters. The number of hydrogen-bond donors (Lipinski definition) is 2. The van der Waals surface area contributed by atoms with Crippen molar-refractivity contribution in [1.82, 2.24) is 0 Å². The van der Waals surface area contributed by atoms with Crippen LogP contribution in [0.2, 0.25) is 0 Å². The number of benzene rings is 2. The first-order valence-electron chi connectivity index (χ1n) is 11.2. The zero-order chi connectivity index (χ0) is 22.0. The summed E-state index contributed by atoms with van der Waals surface area (Å²) in [4.78, 5) is 12.7. The predicted molar refractivity (Wildman–Crippen MR) is 120 cm³/mol. The van der Waals surface area contributed by atoms with Crippen molar-refractivity contribution in [2.75, 3.05) is 4.72 Å². The molecule has 31 heavy (non-hydrogen) atoms. The van der Waals surface area contributed by atoms with E-state index in [1.807, 2.05) is 13.0 Å². The summed E-state index contributed by atoms with van der Waals surface area (Å²) in [5, 5.41) is 10.6. The number of carbonyl (C=O) groups is 1. The van der Waals surface area contributed by atoms with E-state index in [9.17, 15) is 18.3 Å². The first-order chi connectivity index (χ1) is 14.7. The highest BCUT2D eigenvalue weighted by Crippen LogP contribution is 2.60. The average molecular weight is 440 g/mol. The van der Waals surface area contributed by atoms with Gasteiger partial charge in [0, 0.05) is 11.8 Å². The van der Waals surface area contributed by atoms with E-state index in [2.05, 4.69) is 11.6 Å². The third-order valence-corrected chi connectivity index (χ3v) is 9.51. The number of anilines is 1. The highest BCUT2D eigenvalue weighted by atomic mass is 32.2. The average Bonchev–Trinajstić information content (AvgIpc) is 3.03. The number of sulfonamides is 1. The number of aromatic hydroxyl groups is 1. The van der Waals surface area contributed by atoms with Gasteiger partial charge in [-0.1, -0.05) is 24.6 Å². The van der Waals surface area contributed by atoms with Crippen LogP contribution in [0.4, 0.5) is 5.69 Å². The van der Waals surface area contributed by atoms with E-state index in [1.54, 1.807) is 30.3 Å². The Balaban J connectivity index is 1.48. The van der Waals surface area contributed by atoms with Gasteiger partial charge >= 0.3 is 0 Å². The highest BCUT2D eigenvalue weighted by Gasteiger charge is 2.54. The SMILES string of the molecule is Cc1ccc(S(=O)(=O)Nc2cc3c(cc2O)CCC2C3CC[C@]3(C)C(=O)CCC23)cc1. The summed E-state index contributed by atoms with van der Waals surface area (Å²) >= 11 is 0. The number of phenolic OH excluding ortho intramolecular Hbond substituents is 1. The summed E-state index contributed by atoms with van der Waals surface area (Å²) in [6.45, 7) is 4.05. The third-order valence-electron chi connectivity index (χ3n) is 8.13. The highest BCUT2D eigenvalue weighted by molar-refractivity contribution is 7.92. The van der Waals surface area contributed by atoms with E-state index in [0.717, 1.165) is 48.8 Å². The van der Waals surface area contributed by atoms with Gasteiger partial charge in [-0.2, -0.15) is 0 Å². The molecule has 164 valence electrons. The first kappa shape index (κ1) is 20.6. The molecular formula is C25H29NO4S. The lowest BCUT2D eigenvalue weighted by Gasteiger charge is -2.48. The maximum Gasteiger partial charge on any atom is 0.262 e. The number of Topliss-reactive ketones (excluding diaryl/α,β-unsaturated/α-hetero) is 1. The Hall–Kier alpha value is -2.34. The lowest BCUT2D eigenvalue weighted by atomic mass is 9.55. The van der Waals surface area contributed by atoms with Crippen molar-refractivity contribution in [2.45, 2.75) is 63.2 Å². The molecule has 5 rings (SSSR count). The van der Waals surface area contributed by atoms with Gasteiger partial charge in [0.05, 0.1) is 10.6 Å². The van der Waals surface area contributed by atoms with Crippen LogP contribution in [0.1, 0.15) is 61.6 Å². The molecule has 2 aromatic rings. The van der Waals surface area contributed by atoms with Crippen molar-refractivity contribution < 1.29 is 18.3 Å². The maximum atomic E-state index is 12.9. The van der Waals surface area contributed by atoms with E-state index >= 15 is 0 Å². The second-order valence-corrected chi connectivity index (χ2v) is 11.5. The minimum absolute atomic E-state index is 0.0374. The van der Waals surface area contributed by atoms with E-state index in [0.29, 0.717) is 30.0 Å². The van der Waals surface area contributed by atoms with Crippen molar-refractivity contribution in [3.8, 4) is 5.75 Å². The molecule has 2 saturated carbocycles. The summed E-state index contributed by atoms with van der Waals surface area (Å²) in [5.74, 6) is 1.55. The van der Waals surface area contributed by atoms with Gasteiger partial charge < -0.3 is 5.11 Å². The Labute approximate surface area is 183 Å². The van der Waals surface area contributed by atoms with Gasteiger partial charge in [-0.05, 0) is 92.2 Å². The van der Waals surface area contributed by atoms with Crippen LogP contribution in [0.25, 0.3) is 0 Å². The topological polar surface area (TPSA) is 83.5 Å². The quantitative estimate of drug-likeness (QED) is 0.665. The van der Waals surface area contributed by atoms with Crippen LogP contribution in [-0.2, 0) is 21.2 Å². The van der Waals surface area contributed by atoms with Crippen LogP contribution < -0.4 is 4.72 Å². The van der Waals surface area contributed by atoms with Crippen molar-refractivity contribution in [2.24, 2.45) is 17.3 Å². The zero-order valence-corrected chi connectivity index (χ0v) is 18.8. The molecule has 0 saturated heterocycles. The summed E-state index contributed by atoms with van der Waals surface area (Å²) < 4.78 is 28.4. The normalized spacial score (nSPS) is 29.7. The molecule has 2 N–H and O–H groups in total. The first-order valence-corrected chi connectivity index (χ1v) is 12.7. The lowest BCUT2D eigenvalue weighted by molar-refractivity contribution is -0.129. The Kier molecular flexibility index (Phi) is 4.70. The second kappa shape index (κ2) is 7.09. The van der Waals surface area contributed by atoms with E-state index < -0.39 is 10.0 Å². The molecule has 0 bridgehead atoms. The molecule has 0 aromatic heterocycles. The molecule has 0 aliphatic heterocycles. The molecule has 3 aliphatic carbocycles. The number of phenols is 1. The number of hydrogen-bond acceptors (Lipinski definition) is 4. The molecule has 3 aliphatic rings. The second-order valence-electron chi connectivity index (χ2n) is 9.82. The van der Waals surface area contributed by atoms with Crippen molar-refractivity contribution in [1.29, 1.82) is 0 Å². The number of fused-ring (bicyclic) bond motifs is 5. The van der Waals surface area contributed by atoms with Gasteiger partial charge in [0.1, 0.15) is 11.5 Å². The van der Waals surface area contributed by atoms with Crippen LogP contribution in [0.5, 0.6) is 5.75 Å². The van der Waals surface area contributed by atoms with Crippen molar-refractivity contribution in [3.05, 3.63) is 53.1 Å². The lowest BCUT2D eigenvalue weighted by Crippen LogP contribution is -2.42. The predicted octanol–water partition coefficient (Wildman–Crippen LogP) is 4.93. The van der Waals surface area contributed by atoms with Crippen LogP contribution in [0.15, 0.2) is 41.3 Å². The van der Waals surface area contributed by atoms with Crippen LogP contribution in [0, 0.1) is 24.2 Å². The van der Waals surface area contributed by atoms with Gasteiger partial charge in [-0.25, -0.2) is 8.42 Å². The van der Waals surface area contributed by atoms with Gasteiger partial charge in [0.2, 0.25) is 0 Å². The Morgan fingerprint density at radius 3 is 2.55 bits per heavy atom. The number of rotatable bonds is 3. The maximum absolute atomic E-state index is 12.9. The molecule has 5 nitrogen and oxygen atoms in total. The number of carbonyl (C=O) groups excluding carboxylic acids is 1. The fourth-order valence-corrected chi connectivity index (χ4v) is 7.45. The summed E-state index contributed by atoms with van der Waals surface area (Å²) in [5.41, 5.74) is 3.26. The molecule has 0 heterocycles. The van der Waals surface area contributed by atoms with Gasteiger partial charge in [-0.3, -0.25) is 9.52 Å². The Morgan fingerprint density at radius 1 is 1.06 bits per heavy atom. The minimum atomic E-state index is -3.79. The van der Waals surface area contributed by atoms with E-state index in [1.165, 1.54) is 0 Å². The summed E-state index contributed by atoms with van der Waals surface area (Å²) in [6.07, 6.45) is 5.37. The van der Waals surface area contributed by atoms with Crippen molar-refractivity contribution >= 4 is 21.5 Å². The third kappa shape index (κ3) is 3.27. The standard InChI is InChI=1S/C25H29NO4S/c1-15-3-6-17(7-4-15)31(29,30)26-22-14-20-16(13-23(22)27)5-8-19-18(20)11-12-25(2)21(19)9-10-24(25)28/h3-4,6-7,13-14,18-19,21,26-27H,5,8-12H2,1-2H3/t18?,19?,21?,25-/m0/s1. The molecule has 2 aromatic carbocycles. The Bertz CT molecular complexity index is 1150. The van der Waals surface area contributed by atoms with Crippen LogP contribution >= 0.6 is 0 Å². The van der Waals surface area contributed by atoms with Crippen molar-refractivity contribution in [3.63, 3.8) is 0 Å². The number of aryl methyl sites for hydroxylation is 2. The molecular weight excluding hydrogens is 410 g/mol. The van der Waals surface area contributed by atoms with Gasteiger partial charge in [0.25, 0.3) is 10.0 Å². The monoisotopic (exact) mass is 439 g/mol. The smallest absolute Gasteiger partial charge is 0.262 e. The molecule has 6 heteroatoms. The van der Waals surface area contributed by atoms with E-state index in [-0.39, 0.29) is 21.7 Å².